The highest BCUT2D eigenvalue weighted by Gasteiger charge is 2.23. The monoisotopic (exact) mass is 354 g/mol. The molecule has 4 heterocycles. The third-order valence-electron chi connectivity index (χ3n) is 4.17. The molecular weight excluding hydrogens is 336 g/mol. The molecule has 0 spiro atoms. The Morgan fingerprint density at radius 1 is 1.24 bits per heavy atom. The van der Waals surface area contributed by atoms with Gasteiger partial charge in [0, 0.05) is 37.3 Å². The van der Waals surface area contributed by atoms with E-state index < -0.39 is 0 Å². The van der Waals surface area contributed by atoms with Crippen LogP contribution >= 0.6 is 11.3 Å². The molecule has 7 nitrogen and oxygen atoms in total. The molecule has 8 heteroatoms. The van der Waals surface area contributed by atoms with Gasteiger partial charge < -0.3 is 10.2 Å². The Balaban J connectivity index is 1.75. The molecule has 0 aromatic carbocycles. The van der Waals surface area contributed by atoms with Crippen LogP contribution in [0.1, 0.15) is 16.2 Å². The van der Waals surface area contributed by atoms with E-state index in [0.29, 0.717) is 18.8 Å². The second-order valence-electron chi connectivity index (χ2n) is 5.90. The lowest BCUT2D eigenvalue weighted by molar-refractivity contribution is 0.0729. The standard InChI is InChI=1S/C17H18N6OS/c1-12-2-3-13(9-19-12)23-16(15-10-25-11-20-15)8-14(21-23)17(24)22-6-4-18-5-7-22/h2-3,8-11,18H,4-7H2,1H3. The lowest BCUT2D eigenvalue weighted by Gasteiger charge is -2.26. The average Bonchev–Trinajstić information content (AvgIpc) is 3.32. The number of pyridine rings is 1. The Morgan fingerprint density at radius 2 is 2.08 bits per heavy atom. The summed E-state index contributed by atoms with van der Waals surface area (Å²) in [5.41, 5.74) is 5.56. The molecule has 0 atom stereocenters. The Kier molecular flexibility index (Phi) is 4.29. The van der Waals surface area contributed by atoms with Gasteiger partial charge >= 0.3 is 0 Å². The van der Waals surface area contributed by atoms with Crippen LogP contribution in [0.3, 0.4) is 0 Å². The van der Waals surface area contributed by atoms with E-state index in [-0.39, 0.29) is 5.91 Å². The van der Waals surface area contributed by atoms with Gasteiger partial charge in [0.2, 0.25) is 0 Å². The second kappa shape index (κ2) is 6.73. The maximum absolute atomic E-state index is 12.8. The number of hydrogen-bond acceptors (Lipinski definition) is 6. The summed E-state index contributed by atoms with van der Waals surface area (Å²) < 4.78 is 1.75. The molecule has 128 valence electrons. The van der Waals surface area contributed by atoms with Crippen molar-refractivity contribution in [2.24, 2.45) is 0 Å². The highest BCUT2D eigenvalue weighted by molar-refractivity contribution is 7.07. The van der Waals surface area contributed by atoms with E-state index in [2.05, 4.69) is 20.4 Å². The van der Waals surface area contributed by atoms with Gasteiger partial charge in [-0.3, -0.25) is 9.78 Å². The Bertz CT molecular complexity index is 865. The van der Waals surface area contributed by atoms with Gasteiger partial charge in [0.25, 0.3) is 5.91 Å². The molecule has 1 aliphatic rings. The summed E-state index contributed by atoms with van der Waals surface area (Å²) in [4.78, 5) is 23.4. The summed E-state index contributed by atoms with van der Waals surface area (Å²) in [5, 5.41) is 9.78. The summed E-state index contributed by atoms with van der Waals surface area (Å²) in [6.07, 6.45) is 1.76. The third-order valence-corrected chi connectivity index (χ3v) is 4.75. The van der Waals surface area contributed by atoms with Gasteiger partial charge in [-0.25, -0.2) is 9.67 Å². The second-order valence-corrected chi connectivity index (χ2v) is 6.62. The first-order valence-corrected chi connectivity index (χ1v) is 9.08. The first kappa shape index (κ1) is 15.9. The van der Waals surface area contributed by atoms with E-state index in [1.807, 2.05) is 35.4 Å². The van der Waals surface area contributed by atoms with Crippen LogP contribution in [0, 0.1) is 6.92 Å². The highest BCUT2D eigenvalue weighted by atomic mass is 32.1. The van der Waals surface area contributed by atoms with Crippen molar-refractivity contribution in [1.29, 1.82) is 0 Å². The summed E-state index contributed by atoms with van der Waals surface area (Å²) in [5.74, 6) is -0.0446. The van der Waals surface area contributed by atoms with E-state index in [4.69, 9.17) is 0 Å². The average molecular weight is 354 g/mol. The number of aryl methyl sites for hydroxylation is 1. The number of hydrogen-bond donors (Lipinski definition) is 1. The predicted molar refractivity (Wildman–Crippen MR) is 96.0 cm³/mol. The van der Waals surface area contributed by atoms with Crippen LogP contribution in [0.15, 0.2) is 35.3 Å². The quantitative estimate of drug-likeness (QED) is 0.775. The fourth-order valence-corrected chi connectivity index (χ4v) is 3.36. The minimum Gasteiger partial charge on any atom is -0.335 e. The van der Waals surface area contributed by atoms with Crippen molar-refractivity contribution in [3.05, 3.63) is 46.7 Å². The normalized spacial score (nSPS) is 14.7. The number of thiazole rings is 1. The van der Waals surface area contributed by atoms with Gasteiger partial charge in [-0.2, -0.15) is 5.10 Å². The molecule has 1 N–H and O–H groups in total. The Morgan fingerprint density at radius 3 is 2.76 bits per heavy atom. The van der Waals surface area contributed by atoms with Crippen molar-refractivity contribution in [3.63, 3.8) is 0 Å². The van der Waals surface area contributed by atoms with Crippen LogP contribution in [-0.2, 0) is 0 Å². The highest BCUT2D eigenvalue weighted by Crippen LogP contribution is 2.24. The number of aromatic nitrogens is 4. The molecule has 0 bridgehead atoms. The molecule has 0 saturated carbocycles. The zero-order valence-corrected chi connectivity index (χ0v) is 14.7. The lowest BCUT2D eigenvalue weighted by Crippen LogP contribution is -2.46. The molecule has 0 unspecified atom stereocenters. The number of rotatable bonds is 3. The largest absolute Gasteiger partial charge is 0.335 e. The van der Waals surface area contributed by atoms with Crippen molar-refractivity contribution in [2.75, 3.05) is 26.2 Å². The third kappa shape index (κ3) is 3.18. The zero-order valence-electron chi connectivity index (χ0n) is 13.8. The topological polar surface area (TPSA) is 75.9 Å². The maximum Gasteiger partial charge on any atom is 0.274 e. The van der Waals surface area contributed by atoms with E-state index in [9.17, 15) is 4.79 Å². The fourth-order valence-electron chi connectivity index (χ4n) is 2.82. The summed E-state index contributed by atoms with van der Waals surface area (Å²) in [7, 11) is 0. The molecular formula is C17H18N6OS. The van der Waals surface area contributed by atoms with Crippen molar-refractivity contribution >= 4 is 17.2 Å². The van der Waals surface area contributed by atoms with Gasteiger partial charge in [0.05, 0.1) is 28.8 Å². The van der Waals surface area contributed by atoms with Crippen LogP contribution in [-0.4, -0.2) is 56.7 Å². The number of amides is 1. The number of nitrogens with zero attached hydrogens (tertiary/aromatic N) is 5. The maximum atomic E-state index is 12.8. The van der Waals surface area contributed by atoms with Gasteiger partial charge in [0.1, 0.15) is 0 Å². The molecule has 0 aliphatic carbocycles. The summed E-state index contributed by atoms with van der Waals surface area (Å²) in [6.45, 7) is 4.96. The van der Waals surface area contributed by atoms with Crippen LogP contribution in [0.2, 0.25) is 0 Å². The summed E-state index contributed by atoms with van der Waals surface area (Å²) >= 11 is 1.52. The van der Waals surface area contributed by atoms with Gasteiger partial charge in [-0.1, -0.05) is 0 Å². The van der Waals surface area contributed by atoms with E-state index in [1.165, 1.54) is 11.3 Å². The van der Waals surface area contributed by atoms with Gasteiger partial charge in [-0.05, 0) is 25.1 Å². The van der Waals surface area contributed by atoms with Crippen molar-refractivity contribution in [2.45, 2.75) is 6.92 Å². The summed E-state index contributed by atoms with van der Waals surface area (Å²) in [6, 6.07) is 5.70. The van der Waals surface area contributed by atoms with Crippen LogP contribution in [0.5, 0.6) is 0 Å². The molecule has 1 aliphatic heterocycles. The van der Waals surface area contributed by atoms with Gasteiger partial charge in [-0.15, -0.1) is 11.3 Å². The fraction of sp³-hybridized carbons (Fsp3) is 0.294. The Hall–Kier alpha value is -2.58. The number of nitrogens with one attached hydrogen (secondary N) is 1. The molecule has 1 amide bonds. The Labute approximate surface area is 149 Å². The van der Waals surface area contributed by atoms with Crippen LogP contribution < -0.4 is 5.32 Å². The van der Waals surface area contributed by atoms with E-state index in [0.717, 1.165) is 35.9 Å². The van der Waals surface area contributed by atoms with Crippen LogP contribution in [0.4, 0.5) is 0 Å². The van der Waals surface area contributed by atoms with E-state index in [1.54, 1.807) is 16.4 Å². The minimum atomic E-state index is -0.0446. The molecule has 1 saturated heterocycles. The predicted octanol–water partition coefficient (Wildman–Crippen LogP) is 1.74. The van der Waals surface area contributed by atoms with Crippen molar-refractivity contribution in [3.8, 4) is 17.1 Å². The van der Waals surface area contributed by atoms with Crippen molar-refractivity contribution < 1.29 is 4.79 Å². The SMILES string of the molecule is Cc1ccc(-n2nc(C(=O)N3CCNCC3)cc2-c2cscn2)cn1. The molecule has 4 rings (SSSR count). The zero-order chi connectivity index (χ0) is 17.2. The molecule has 3 aromatic heterocycles. The number of carbonyl (C=O) groups is 1. The number of piperazine rings is 1. The molecule has 0 radical (unpaired) electrons. The van der Waals surface area contributed by atoms with Crippen LogP contribution in [0.25, 0.3) is 17.1 Å². The molecule has 3 aromatic rings. The first-order chi connectivity index (χ1) is 12.2. The van der Waals surface area contributed by atoms with E-state index >= 15 is 0 Å². The van der Waals surface area contributed by atoms with Crippen molar-refractivity contribution in [1.82, 2.24) is 30.0 Å². The van der Waals surface area contributed by atoms with Gasteiger partial charge in [0.15, 0.2) is 5.69 Å². The molecule has 1 fully saturated rings. The number of carbonyl (C=O) groups excluding carboxylic acids is 1. The lowest BCUT2D eigenvalue weighted by atomic mass is 10.2. The molecule has 25 heavy (non-hydrogen) atoms. The smallest absolute Gasteiger partial charge is 0.274 e. The first-order valence-electron chi connectivity index (χ1n) is 8.14. The minimum absolute atomic E-state index is 0.0446.